The third-order valence-corrected chi connectivity index (χ3v) is 10.5. The molecule has 0 bridgehead atoms. The van der Waals surface area contributed by atoms with Gasteiger partial charge >= 0.3 is 11.9 Å². The molecule has 5 aliphatic rings. The van der Waals surface area contributed by atoms with E-state index in [1.165, 1.54) is 6.92 Å². The molecule has 0 aromatic heterocycles. The molecule has 0 unspecified atom stereocenters. The molecular formula is C26H38O6. The molecule has 32 heavy (non-hydrogen) atoms. The molecule has 9 atom stereocenters. The Bertz CT molecular complexity index is 836. The molecule has 1 heterocycles. The zero-order chi connectivity index (χ0) is 22.9. The number of aliphatic hydroxyl groups is 1. The fourth-order valence-electron chi connectivity index (χ4n) is 8.95. The Hall–Kier alpha value is -1.40. The lowest BCUT2D eigenvalue weighted by Crippen LogP contribution is -2.62. The van der Waals surface area contributed by atoms with Gasteiger partial charge in [0.05, 0.1) is 11.7 Å². The van der Waals surface area contributed by atoms with Gasteiger partial charge in [0.15, 0.2) is 0 Å². The van der Waals surface area contributed by atoms with E-state index in [9.17, 15) is 14.7 Å². The predicted molar refractivity (Wildman–Crippen MR) is 117 cm³/mol. The highest BCUT2D eigenvalue weighted by Crippen LogP contribution is 2.70. The van der Waals surface area contributed by atoms with E-state index in [-0.39, 0.29) is 35.8 Å². The van der Waals surface area contributed by atoms with E-state index >= 15 is 0 Å². The Kier molecular flexibility index (Phi) is 5.29. The Morgan fingerprint density at radius 3 is 2.59 bits per heavy atom. The molecule has 178 valence electrons. The zero-order valence-electron chi connectivity index (χ0n) is 19.9. The van der Waals surface area contributed by atoms with Crippen LogP contribution in [0.1, 0.15) is 72.1 Å². The van der Waals surface area contributed by atoms with Crippen LogP contribution in [0.3, 0.4) is 0 Å². The number of carbonyl (C=O) groups excluding carboxylic acids is 2. The first-order valence-electron chi connectivity index (χ1n) is 12.4. The van der Waals surface area contributed by atoms with Crippen molar-refractivity contribution in [1.29, 1.82) is 0 Å². The summed E-state index contributed by atoms with van der Waals surface area (Å²) in [7, 11) is 1.83. The molecule has 0 aromatic carbocycles. The maximum Gasteiger partial charge on any atom is 0.331 e. The number of cyclic esters (lactones) is 1. The topological polar surface area (TPSA) is 82.1 Å². The second-order valence-electron chi connectivity index (χ2n) is 11.7. The molecule has 0 radical (unpaired) electrons. The first kappa shape index (κ1) is 22.4. The van der Waals surface area contributed by atoms with Gasteiger partial charge in [0.2, 0.25) is 0 Å². The average molecular weight is 447 g/mol. The van der Waals surface area contributed by atoms with Crippen molar-refractivity contribution in [3.63, 3.8) is 0 Å². The second kappa shape index (κ2) is 7.56. The molecule has 0 spiro atoms. The highest BCUT2D eigenvalue weighted by Gasteiger charge is 2.70. The van der Waals surface area contributed by atoms with Crippen molar-refractivity contribution in [2.24, 2.45) is 34.5 Å². The summed E-state index contributed by atoms with van der Waals surface area (Å²) in [4.78, 5) is 23.9. The van der Waals surface area contributed by atoms with Gasteiger partial charge < -0.3 is 19.3 Å². The van der Waals surface area contributed by atoms with E-state index in [0.717, 1.165) is 50.5 Å². The van der Waals surface area contributed by atoms with Crippen molar-refractivity contribution < 1.29 is 28.9 Å². The van der Waals surface area contributed by atoms with Crippen LogP contribution in [0.2, 0.25) is 0 Å². The number of methoxy groups -OCH3 is 1. The van der Waals surface area contributed by atoms with Crippen molar-refractivity contribution in [3.05, 3.63) is 11.6 Å². The highest BCUT2D eigenvalue weighted by molar-refractivity contribution is 5.85. The van der Waals surface area contributed by atoms with Gasteiger partial charge in [0.25, 0.3) is 0 Å². The average Bonchev–Trinajstić information content (AvgIpc) is 3.24. The summed E-state index contributed by atoms with van der Waals surface area (Å²) < 4.78 is 16.8. The minimum Gasteiger partial charge on any atom is -0.462 e. The normalized spacial score (nSPS) is 50.0. The minimum atomic E-state index is -0.917. The van der Waals surface area contributed by atoms with Crippen LogP contribution in [0.5, 0.6) is 0 Å². The summed E-state index contributed by atoms with van der Waals surface area (Å²) in [5, 5.41) is 12.5. The third kappa shape index (κ3) is 3.04. The van der Waals surface area contributed by atoms with Crippen molar-refractivity contribution in [2.45, 2.75) is 89.9 Å². The molecule has 1 N–H and O–H groups in total. The second-order valence-corrected chi connectivity index (χ2v) is 11.7. The number of ether oxygens (including phenoxy) is 3. The van der Waals surface area contributed by atoms with Gasteiger partial charge in [-0.1, -0.05) is 13.8 Å². The summed E-state index contributed by atoms with van der Waals surface area (Å²) in [6, 6.07) is 0. The van der Waals surface area contributed by atoms with Gasteiger partial charge in [-0.3, -0.25) is 4.79 Å². The van der Waals surface area contributed by atoms with E-state index in [1.54, 1.807) is 6.08 Å². The van der Waals surface area contributed by atoms with E-state index in [2.05, 4.69) is 13.8 Å². The standard InChI is InChI=1S/C26H38O6/c1-15(27)32-21-13-26(29)20-6-5-17-12-18(30-4)7-9-24(17,2)19(20)8-10-25(26,3)23(21)16-11-22(28)31-14-16/h11,17-21,23,29H,5-10,12-14H2,1-4H3/t17-,18-,19-,20+,21-,23-,24-,25+,26-/m0/s1. The van der Waals surface area contributed by atoms with Crippen LogP contribution >= 0.6 is 0 Å². The summed E-state index contributed by atoms with van der Waals surface area (Å²) in [6.45, 7) is 6.28. The molecule has 6 nitrogen and oxygen atoms in total. The molecule has 0 saturated heterocycles. The lowest BCUT2D eigenvalue weighted by molar-refractivity contribution is -0.209. The van der Waals surface area contributed by atoms with Crippen LogP contribution in [0.15, 0.2) is 11.6 Å². The van der Waals surface area contributed by atoms with Crippen LogP contribution in [-0.4, -0.2) is 48.6 Å². The summed E-state index contributed by atoms with van der Waals surface area (Å²) in [5.74, 6) is 0.436. The fourth-order valence-corrected chi connectivity index (χ4v) is 8.95. The summed E-state index contributed by atoms with van der Waals surface area (Å²) >= 11 is 0. The number of fused-ring (bicyclic) bond motifs is 5. The van der Waals surface area contributed by atoms with Crippen LogP contribution in [0, 0.1) is 34.5 Å². The Balaban J connectivity index is 1.50. The number of hydrogen-bond donors (Lipinski definition) is 1. The van der Waals surface area contributed by atoms with Crippen LogP contribution < -0.4 is 0 Å². The van der Waals surface area contributed by atoms with Crippen molar-refractivity contribution in [1.82, 2.24) is 0 Å². The summed E-state index contributed by atoms with van der Waals surface area (Å²) in [5.41, 5.74) is -0.269. The zero-order valence-corrected chi connectivity index (χ0v) is 19.9. The maximum absolute atomic E-state index is 12.5. The molecule has 0 aromatic rings. The highest BCUT2D eigenvalue weighted by atomic mass is 16.5. The molecule has 4 saturated carbocycles. The quantitative estimate of drug-likeness (QED) is 0.664. The first-order chi connectivity index (χ1) is 15.1. The van der Waals surface area contributed by atoms with E-state index < -0.39 is 17.1 Å². The SMILES string of the molecule is CO[C@H]1CC[C@@]2(C)[C@@H](CC[C@@H]3[C@@H]2CC[C@]2(C)[C@@H](C4=CC(=O)OC4)[C@@H](OC(C)=O)C[C@]32O)C1. The van der Waals surface area contributed by atoms with E-state index in [1.807, 2.05) is 7.11 Å². The number of esters is 2. The predicted octanol–water partition coefficient (Wildman–Crippen LogP) is 3.80. The van der Waals surface area contributed by atoms with Gasteiger partial charge in [0.1, 0.15) is 12.7 Å². The lowest BCUT2D eigenvalue weighted by atomic mass is 9.43. The minimum absolute atomic E-state index is 0.182. The van der Waals surface area contributed by atoms with E-state index in [4.69, 9.17) is 14.2 Å². The number of hydrogen-bond acceptors (Lipinski definition) is 6. The van der Waals surface area contributed by atoms with Gasteiger partial charge in [-0.15, -0.1) is 0 Å². The van der Waals surface area contributed by atoms with Gasteiger partial charge in [-0.2, -0.15) is 0 Å². The molecule has 4 aliphatic carbocycles. The number of rotatable bonds is 3. The molecular weight excluding hydrogens is 408 g/mol. The molecule has 4 fully saturated rings. The number of carbonyl (C=O) groups is 2. The summed E-state index contributed by atoms with van der Waals surface area (Å²) in [6.07, 6.45) is 9.36. The Morgan fingerprint density at radius 2 is 1.94 bits per heavy atom. The largest absolute Gasteiger partial charge is 0.462 e. The van der Waals surface area contributed by atoms with Gasteiger partial charge in [-0.05, 0) is 73.7 Å². The molecule has 1 aliphatic heterocycles. The van der Waals surface area contributed by atoms with Crippen molar-refractivity contribution in [2.75, 3.05) is 13.7 Å². The Morgan fingerprint density at radius 1 is 1.16 bits per heavy atom. The monoisotopic (exact) mass is 446 g/mol. The fraction of sp³-hybridized carbons (Fsp3) is 0.846. The molecule has 0 amide bonds. The van der Waals surface area contributed by atoms with Crippen LogP contribution in [0.4, 0.5) is 0 Å². The van der Waals surface area contributed by atoms with Crippen molar-refractivity contribution >= 4 is 11.9 Å². The Labute approximate surface area is 191 Å². The smallest absolute Gasteiger partial charge is 0.331 e. The van der Waals surface area contributed by atoms with Crippen molar-refractivity contribution in [3.8, 4) is 0 Å². The van der Waals surface area contributed by atoms with Crippen LogP contribution in [-0.2, 0) is 23.8 Å². The van der Waals surface area contributed by atoms with Crippen LogP contribution in [0.25, 0.3) is 0 Å². The van der Waals surface area contributed by atoms with E-state index in [0.29, 0.717) is 24.4 Å². The first-order valence-corrected chi connectivity index (χ1v) is 12.4. The van der Waals surface area contributed by atoms with Gasteiger partial charge in [0, 0.05) is 37.9 Å². The third-order valence-electron chi connectivity index (χ3n) is 10.5. The lowest BCUT2D eigenvalue weighted by Gasteiger charge is -2.63. The van der Waals surface area contributed by atoms with Gasteiger partial charge in [-0.25, -0.2) is 4.79 Å². The maximum atomic E-state index is 12.5. The molecule has 5 rings (SSSR count). The molecule has 6 heteroatoms.